The summed E-state index contributed by atoms with van der Waals surface area (Å²) in [7, 11) is 0. The highest BCUT2D eigenvalue weighted by Gasteiger charge is 2.59. The van der Waals surface area contributed by atoms with Crippen LogP contribution in [0.5, 0.6) is 0 Å². The monoisotopic (exact) mass is 307 g/mol. The first-order chi connectivity index (χ1) is 11.2. The normalized spacial score (nSPS) is 19.5. The van der Waals surface area contributed by atoms with Gasteiger partial charge in [-0.3, -0.25) is 4.79 Å². The molecule has 1 atom stereocenters. The zero-order chi connectivity index (χ0) is 16.3. The van der Waals surface area contributed by atoms with E-state index in [9.17, 15) is 4.79 Å². The Hall–Kier alpha value is -2.09. The molecule has 1 aliphatic rings. The second-order valence-corrected chi connectivity index (χ2v) is 6.48. The van der Waals surface area contributed by atoms with Crippen LogP contribution >= 0.6 is 0 Å². The maximum absolute atomic E-state index is 13.2. The Balaban J connectivity index is 2.06. The first kappa shape index (κ1) is 15.8. The van der Waals surface area contributed by atoms with Crippen molar-refractivity contribution < 1.29 is 4.79 Å². The average molecular weight is 307 g/mol. The maximum Gasteiger partial charge on any atom is 0.236 e. The molecule has 0 aliphatic carbocycles. The van der Waals surface area contributed by atoms with E-state index in [0.29, 0.717) is 5.91 Å². The summed E-state index contributed by atoms with van der Waals surface area (Å²) >= 11 is 0. The molecule has 0 bridgehead atoms. The number of carbonyl (C=O) groups excluding carboxylic acids is 1. The number of benzene rings is 2. The Morgan fingerprint density at radius 3 is 1.91 bits per heavy atom. The molecule has 1 amide bonds. The predicted octanol–water partition coefficient (Wildman–Crippen LogP) is 5.36. The number of carbonyl (C=O) groups is 1. The minimum Gasteiger partial charge on any atom is -0.303 e. The predicted molar refractivity (Wildman–Crippen MR) is 95.4 cm³/mol. The van der Waals surface area contributed by atoms with Crippen LogP contribution in [0.1, 0.15) is 51.1 Å². The summed E-state index contributed by atoms with van der Waals surface area (Å²) in [5.74, 6) is 0.293. The molecule has 0 aromatic heterocycles. The van der Waals surface area contributed by atoms with Gasteiger partial charge in [-0.1, -0.05) is 75.2 Å². The fraction of sp³-hybridized carbons (Fsp3) is 0.381. The van der Waals surface area contributed by atoms with E-state index in [1.54, 1.807) is 0 Å². The number of hydrogen-bond acceptors (Lipinski definition) is 1. The van der Waals surface area contributed by atoms with Crippen molar-refractivity contribution >= 4 is 11.6 Å². The van der Waals surface area contributed by atoms with Gasteiger partial charge in [0.15, 0.2) is 0 Å². The molecule has 3 rings (SSSR count). The lowest BCUT2D eigenvalue weighted by Crippen LogP contribution is -2.63. The lowest BCUT2D eigenvalue weighted by molar-refractivity contribution is -0.141. The van der Waals surface area contributed by atoms with Crippen molar-refractivity contribution in [2.24, 2.45) is 5.41 Å². The standard InChI is InChI=1S/C21H25NO/c1-3-15-21(16-4-2)19(17-11-7-5-8-12-17)22(20(21)23)18-13-9-6-10-14-18/h5-14,19H,3-4,15-16H2,1-2H3. The molecule has 2 nitrogen and oxygen atoms in total. The second-order valence-electron chi connectivity index (χ2n) is 6.48. The van der Waals surface area contributed by atoms with Crippen molar-refractivity contribution in [2.75, 3.05) is 4.90 Å². The van der Waals surface area contributed by atoms with Crippen molar-refractivity contribution in [1.82, 2.24) is 0 Å². The van der Waals surface area contributed by atoms with Gasteiger partial charge in [-0.2, -0.15) is 0 Å². The summed E-state index contributed by atoms with van der Waals surface area (Å²) in [5, 5.41) is 0. The van der Waals surface area contributed by atoms with Crippen molar-refractivity contribution in [3.05, 3.63) is 66.2 Å². The third-order valence-corrected chi connectivity index (χ3v) is 4.97. The van der Waals surface area contributed by atoms with Gasteiger partial charge in [-0.15, -0.1) is 0 Å². The smallest absolute Gasteiger partial charge is 0.236 e. The molecule has 2 heteroatoms. The molecule has 23 heavy (non-hydrogen) atoms. The van der Waals surface area contributed by atoms with Crippen LogP contribution in [0.2, 0.25) is 0 Å². The van der Waals surface area contributed by atoms with Gasteiger partial charge in [0.25, 0.3) is 0 Å². The summed E-state index contributed by atoms with van der Waals surface area (Å²) in [6.07, 6.45) is 4.00. The van der Waals surface area contributed by atoms with Gasteiger partial charge in [-0.25, -0.2) is 0 Å². The number of hydrogen-bond donors (Lipinski definition) is 0. The summed E-state index contributed by atoms with van der Waals surface area (Å²) < 4.78 is 0. The molecule has 120 valence electrons. The van der Waals surface area contributed by atoms with Crippen LogP contribution in [0.3, 0.4) is 0 Å². The summed E-state index contributed by atoms with van der Waals surface area (Å²) in [5.41, 5.74) is 2.02. The molecule has 1 aliphatic heterocycles. The fourth-order valence-corrected chi connectivity index (χ4v) is 4.12. The molecule has 0 saturated carbocycles. The number of rotatable bonds is 6. The Bertz CT molecular complexity index is 644. The zero-order valence-electron chi connectivity index (χ0n) is 14.0. The number of para-hydroxylation sites is 1. The Kier molecular flexibility index (Phi) is 4.51. The average Bonchev–Trinajstić information content (AvgIpc) is 2.60. The maximum atomic E-state index is 13.2. The van der Waals surface area contributed by atoms with Crippen LogP contribution in [-0.2, 0) is 4.79 Å². The molecule has 0 spiro atoms. The van der Waals surface area contributed by atoms with E-state index < -0.39 is 0 Å². The lowest BCUT2D eigenvalue weighted by atomic mass is 9.62. The molecule has 1 saturated heterocycles. The first-order valence-corrected chi connectivity index (χ1v) is 8.68. The summed E-state index contributed by atoms with van der Waals surface area (Å²) in [6.45, 7) is 4.36. The first-order valence-electron chi connectivity index (χ1n) is 8.68. The van der Waals surface area contributed by atoms with Crippen LogP contribution in [0.25, 0.3) is 0 Å². The van der Waals surface area contributed by atoms with Crippen LogP contribution in [0.15, 0.2) is 60.7 Å². The van der Waals surface area contributed by atoms with Crippen LogP contribution < -0.4 is 4.90 Å². The highest BCUT2D eigenvalue weighted by Crippen LogP contribution is 2.57. The number of anilines is 1. The van der Waals surface area contributed by atoms with Crippen LogP contribution in [-0.4, -0.2) is 5.91 Å². The van der Waals surface area contributed by atoms with Gasteiger partial charge in [0.1, 0.15) is 0 Å². The van der Waals surface area contributed by atoms with E-state index in [2.05, 4.69) is 38.1 Å². The molecule has 0 radical (unpaired) electrons. The lowest BCUT2D eigenvalue weighted by Gasteiger charge is -2.57. The van der Waals surface area contributed by atoms with Crippen molar-refractivity contribution in [1.29, 1.82) is 0 Å². The molecule has 2 aromatic rings. The van der Waals surface area contributed by atoms with Crippen molar-refractivity contribution in [2.45, 2.75) is 45.6 Å². The van der Waals surface area contributed by atoms with Gasteiger partial charge >= 0.3 is 0 Å². The van der Waals surface area contributed by atoms with E-state index in [4.69, 9.17) is 0 Å². The van der Waals surface area contributed by atoms with Crippen LogP contribution in [0.4, 0.5) is 5.69 Å². The molecule has 1 heterocycles. The molecule has 1 fully saturated rings. The highest BCUT2D eigenvalue weighted by molar-refractivity contribution is 6.06. The number of nitrogens with zero attached hydrogens (tertiary/aromatic N) is 1. The van der Waals surface area contributed by atoms with Gasteiger partial charge in [0.2, 0.25) is 5.91 Å². The molecule has 2 aromatic carbocycles. The topological polar surface area (TPSA) is 20.3 Å². The molecular weight excluding hydrogens is 282 g/mol. The quantitative estimate of drug-likeness (QED) is 0.658. The Morgan fingerprint density at radius 1 is 0.870 bits per heavy atom. The second kappa shape index (κ2) is 6.57. The third-order valence-electron chi connectivity index (χ3n) is 4.97. The largest absolute Gasteiger partial charge is 0.303 e. The Labute approximate surface area is 139 Å². The van der Waals surface area contributed by atoms with Crippen molar-refractivity contribution in [3.63, 3.8) is 0 Å². The van der Waals surface area contributed by atoms with E-state index in [1.165, 1.54) is 5.56 Å². The zero-order valence-corrected chi connectivity index (χ0v) is 14.0. The fourth-order valence-electron chi connectivity index (χ4n) is 4.12. The Morgan fingerprint density at radius 2 is 1.39 bits per heavy atom. The summed E-state index contributed by atoms with van der Waals surface area (Å²) in [4.78, 5) is 15.2. The van der Waals surface area contributed by atoms with Crippen molar-refractivity contribution in [3.8, 4) is 0 Å². The van der Waals surface area contributed by atoms with E-state index in [-0.39, 0.29) is 11.5 Å². The number of β-lactam (4-membered cyclic amide) rings is 1. The summed E-state index contributed by atoms with van der Waals surface area (Å²) in [6, 6.07) is 20.7. The minimum absolute atomic E-state index is 0.151. The van der Waals surface area contributed by atoms with E-state index in [0.717, 1.165) is 31.4 Å². The number of amides is 1. The van der Waals surface area contributed by atoms with Gasteiger partial charge in [0.05, 0.1) is 11.5 Å². The SMILES string of the molecule is CCCC1(CCC)C(=O)N(c2ccccc2)C1c1ccccc1. The molecule has 1 unspecified atom stereocenters. The third kappa shape index (κ3) is 2.56. The van der Waals surface area contributed by atoms with Gasteiger partial charge in [-0.05, 0) is 30.5 Å². The molecule has 0 N–H and O–H groups in total. The minimum atomic E-state index is -0.235. The molecular formula is C21H25NO. The van der Waals surface area contributed by atoms with E-state index >= 15 is 0 Å². The van der Waals surface area contributed by atoms with Gasteiger partial charge < -0.3 is 4.90 Å². The van der Waals surface area contributed by atoms with Crippen LogP contribution in [0, 0.1) is 5.41 Å². The highest BCUT2D eigenvalue weighted by atomic mass is 16.2. The van der Waals surface area contributed by atoms with Gasteiger partial charge in [0, 0.05) is 5.69 Å². The van der Waals surface area contributed by atoms with E-state index in [1.807, 2.05) is 41.3 Å².